The van der Waals surface area contributed by atoms with Gasteiger partial charge in [-0.1, -0.05) is 29.5 Å². The van der Waals surface area contributed by atoms with Gasteiger partial charge in [0.05, 0.1) is 0 Å². The summed E-state index contributed by atoms with van der Waals surface area (Å²) in [6.45, 7) is 4.19. The Hall–Kier alpha value is -0.930. The standard InChI is InChI=1S/C13H15Cl/c1-11-7-8-13(12(2)10-11)6-4-3-5-9-14/h7-8,10H,3,5,9H2,1-2H3. The van der Waals surface area contributed by atoms with Crippen molar-refractivity contribution in [2.45, 2.75) is 26.7 Å². The Morgan fingerprint density at radius 1 is 1.29 bits per heavy atom. The van der Waals surface area contributed by atoms with E-state index in [4.69, 9.17) is 11.6 Å². The number of aryl methyl sites for hydroxylation is 2. The van der Waals surface area contributed by atoms with Crippen molar-refractivity contribution in [2.75, 3.05) is 5.88 Å². The summed E-state index contributed by atoms with van der Waals surface area (Å²) in [5.74, 6) is 6.99. The molecule has 74 valence electrons. The van der Waals surface area contributed by atoms with Crippen molar-refractivity contribution >= 4 is 11.6 Å². The van der Waals surface area contributed by atoms with Crippen molar-refractivity contribution in [2.24, 2.45) is 0 Å². The van der Waals surface area contributed by atoms with Gasteiger partial charge in [-0.3, -0.25) is 0 Å². The van der Waals surface area contributed by atoms with E-state index in [-0.39, 0.29) is 0 Å². The summed E-state index contributed by atoms with van der Waals surface area (Å²) < 4.78 is 0. The smallest absolute Gasteiger partial charge is 0.0274 e. The van der Waals surface area contributed by atoms with Crippen molar-refractivity contribution < 1.29 is 0 Å². The summed E-state index contributed by atoms with van der Waals surface area (Å²) in [6, 6.07) is 6.34. The zero-order chi connectivity index (χ0) is 10.4. The van der Waals surface area contributed by atoms with Crippen LogP contribution in [-0.2, 0) is 0 Å². The van der Waals surface area contributed by atoms with Crippen molar-refractivity contribution in [3.63, 3.8) is 0 Å². The average molecular weight is 207 g/mol. The Bertz CT molecular complexity index is 355. The third kappa shape index (κ3) is 3.44. The summed E-state index contributed by atoms with van der Waals surface area (Å²) in [5.41, 5.74) is 3.67. The highest BCUT2D eigenvalue weighted by Gasteiger charge is 1.93. The van der Waals surface area contributed by atoms with E-state index in [1.54, 1.807) is 0 Å². The lowest BCUT2D eigenvalue weighted by atomic mass is 10.1. The maximum Gasteiger partial charge on any atom is 0.0274 e. The molecule has 1 aromatic carbocycles. The van der Waals surface area contributed by atoms with Gasteiger partial charge in [-0.15, -0.1) is 11.6 Å². The highest BCUT2D eigenvalue weighted by molar-refractivity contribution is 6.17. The molecule has 0 unspecified atom stereocenters. The first-order chi connectivity index (χ1) is 6.74. The Morgan fingerprint density at radius 2 is 2.07 bits per heavy atom. The van der Waals surface area contributed by atoms with Crippen LogP contribution in [0, 0.1) is 25.7 Å². The monoisotopic (exact) mass is 206 g/mol. The Balaban J connectivity index is 2.70. The molecule has 0 atom stereocenters. The zero-order valence-corrected chi connectivity index (χ0v) is 9.49. The lowest BCUT2D eigenvalue weighted by molar-refractivity contribution is 0.991. The summed E-state index contributed by atoms with van der Waals surface area (Å²) >= 11 is 5.57. The van der Waals surface area contributed by atoms with E-state index in [1.807, 2.05) is 0 Å². The van der Waals surface area contributed by atoms with E-state index in [9.17, 15) is 0 Å². The minimum Gasteiger partial charge on any atom is -0.127 e. The number of halogens is 1. The van der Waals surface area contributed by atoms with Gasteiger partial charge in [-0.05, 0) is 31.9 Å². The first-order valence-corrected chi connectivity index (χ1v) is 5.39. The van der Waals surface area contributed by atoms with Crippen LogP contribution in [0.15, 0.2) is 18.2 Å². The molecule has 0 amide bonds. The highest BCUT2D eigenvalue weighted by atomic mass is 35.5. The van der Waals surface area contributed by atoms with E-state index in [0.717, 1.165) is 18.4 Å². The third-order valence-electron chi connectivity index (χ3n) is 2.04. The lowest BCUT2D eigenvalue weighted by Gasteiger charge is -1.98. The molecule has 0 nitrogen and oxygen atoms in total. The van der Waals surface area contributed by atoms with Gasteiger partial charge in [0.2, 0.25) is 0 Å². The molecule has 0 N–H and O–H groups in total. The first kappa shape index (κ1) is 11.1. The van der Waals surface area contributed by atoms with E-state index in [2.05, 4.69) is 43.9 Å². The van der Waals surface area contributed by atoms with E-state index < -0.39 is 0 Å². The number of benzene rings is 1. The maximum atomic E-state index is 5.57. The number of rotatable bonds is 2. The van der Waals surface area contributed by atoms with Gasteiger partial charge < -0.3 is 0 Å². The molecule has 0 aromatic heterocycles. The molecule has 1 aromatic rings. The fourth-order valence-electron chi connectivity index (χ4n) is 1.27. The molecule has 1 heteroatoms. The van der Waals surface area contributed by atoms with Gasteiger partial charge in [0.1, 0.15) is 0 Å². The van der Waals surface area contributed by atoms with Gasteiger partial charge in [0.25, 0.3) is 0 Å². The van der Waals surface area contributed by atoms with Crippen LogP contribution in [0.2, 0.25) is 0 Å². The third-order valence-corrected chi connectivity index (χ3v) is 2.31. The Labute approximate surface area is 91.3 Å². The summed E-state index contributed by atoms with van der Waals surface area (Å²) in [7, 11) is 0. The molecule has 14 heavy (non-hydrogen) atoms. The number of hydrogen-bond acceptors (Lipinski definition) is 0. The first-order valence-electron chi connectivity index (χ1n) is 4.86. The SMILES string of the molecule is Cc1ccc(C#CCCCCl)c(C)c1. The van der Waals surface area contributed by atoms with Crippen LogP contribution < -0.4 is 0 Å². The molecular formula is C13H15Cl. The van der Waals surface area contributed by atoms with E-state index in [0.29, 0.717) is 5.88 Å². The molecule has 0 heterocycles. The molecular weight excluding hydrogens is 192 g/mol. The summed E-state index contributed by atoms with van der Waals surface area (Å²) in [5, 5.41) is 0. The molecule has 0 saturated heterocycles. The molecule has 0 spiro atoms. The Morgan fingerprint density at radius 3 is 2.71 bits per heavy atom. The molecule has 1 rings (SSSR count). The van der Waals surface area contributed by atoms with Gasteiger partial charge in [0, 0.05) is 17.9 Å². The summed E-state index contributed by atoms with van der Waals surface area (Å²) in [4.78, 5) is 0. The number of hydrogen-bond donors (Lipinski definition) is 0. The largest absolute Gasteiger partial charge is 0.127 e. The van der Waals surface area contributed by atoms with Crippen molar-refractivity contribution in [3.05, 3.63) is 34.9 Å². The fraction of sp³-hybridized carbons (Fsp3) is 0.385. The molecule has 0 bridgehead atoms. The number of unbranched alkanes of at least 4 members (excludes halogenated alkanes) is 1. The normalized spacial score (nSPS) is 9.36. The van der Waals surface area contributed by atoms with Crippen LogP contribution in [0.3, 0.4) is 0 Å². The van der Waals surface area contributed by atoms with Crippen LogP contribution in [0.4, 0.5) is 0 Å². The van der Waals surface area contributed by atoms with Crippen LogP contribution >= 0.6 is 11.6 Å². The second-order valence-corrected chi connectivity index (χ2v) is 3.79. The molecule has 0 aliphatic carbocycles. The number of alkyl halides is 1. The summed E-state index contributed by atoms with van der Waals surface area (Å²) in [6.07, 6.45) is 1.86. The molecule has 0 aliphatic heterocycles. The predicted molar refractivity (Wildman–Crippen MR) is 62.7 cm³/mol. The van der Waals surface area contributed by atoms with Gasteiger partial charge >= 0.3 is 0 Å². The van der Waals surface area contributed by atoms with Crippen LogP contribution in [0.1, 0.15) is 29.5 Å². The van der Waals surface area contributed by atoms with E-state index >= 15 is 0 Å². The van der Waals surface area contributed by atoms with E-state index in [1.165, 1.54) is 11.1 Å². The Kier molecular flexibility index (Phi) is 4.56. The van der Waals surface area contributed by atoms with Crippen molar-refractivity contribution in [3.8, 4) is 11.8 Å². The van der Waals surface area contributed by atoms with Crippen molar-refractivity contribution in [1.29, 1.82) is 0 Å². The lowest BCUT2D eigenvalue weighted by Crippen LogP contribution is -1.83. The molecule has 0 fully saturated rings. The van der Waals surface area contributed by atoms with Crippen LogP contribution in [0.5, 0.6) is 0 Å². The van der Waals surface area contributed by atoms with Crippen molar-refractivity contribution in [1.82, 2.24) is 0 Å². The highest BCUT2D eigenvalue weighted by Crippen LogP contribution is 2.08. The topological polar surface area (TPSA) is 0 Å². The second kappa shape index (κ2) is 5.73. The van der Waals surface area contributed by atoms with Gasteiger partial charge in [-0.25, -0.2) is 0 Å². The quantitative estimate of drug-likeness (QED) is 0.394. The van der Waals surface area contributed by atoms with Gasteiger partial charge in [0.15, 0.2) is 0 Å². The maximum absolute atomic E-state index is 5.57. The molecule has 0 aliphatic rings. The average Bonchev–Trinajstić information content (AvgIpc) is 2.15. The van der Waals surface area contributed by atoms with Crippen LogP contribution in [0.25, 0.3) is 0 Å². The minimum atomic E-state index is 0.696. The zero-order valence-electron chi connectivity index (χ0n) is 8.73. The minimum absolute atomic E-state index is 0.696. The van der Waals surface area contributed by atoms with Crippen LogP contribution in [-0.4, -0.2) is 5.88 Å². The fourth-order valence-corrected chi connectivity index (χ4v) is 1.40. The predicted octanol–water partition coefficient (Wildman–Crippen LogP) is 3.67. The second-order valence-electron chi connectivity index (χ2n) is 3.41. The molecule has 0 saturated carbocycles. The molecule has 0 radical (unpaired) electrons. The van der Waals surface area contributed by atoms with Gasteiger partial charge in [-0.2, -0.15) is 0 Å².